The van der Waals surface area contributed by atoms with Crippen molar-refractivity contribution >= 4 is 17.8 Å². The lowest BCUT2D eigenvalue weighted by atomic mass is 10.2. The van der Waals surface area contributed by atoms with E-state index in [2.05, 4.69) is 21.8 Å². The van der Waals surface area contributed by atoms with Crippen LogP contribution in [0.3, 0.4) is 0 Å². The van der Waals surface area contributed by atoms with Gasteiger partial charge in [0, 0.05) is 6.54 Å². The lowest BCUT2D eigenvalue weighted by Gasteiger charge is -2.01. The minimum atomic E-state index is -0.204. The summed E-state index contributed by atoms with van der Waals surface area (Å²) >= 11 is 1.91. The van der Waals surface area contributed by atoms with Gasteiger partial charge in [0.2, 0.25) is 5.89 Å². The van der Waals surface area contributed by atoms with Crippen molar-refractivity contribution < 1.29 is 4.42 Å². The van der Waals surface area contributed by atoms with E-state index in [9.17, 15) is 0 Å². The van der Waals surface area contributed by atoms with E-state index in [1.54, 1.807) is 0 Å². The second kappa shape index (κ2) is 8.36. The van der Waals surface area contributed by atoms with Gasteiger partial charge in [0.15, 0.2) is 0 Å². The summed E-state index contributed by atoms with van der Waals surface area (Å²) in [6.07, 6.45) is 7.10. The van der Waals surface area contributed by atoms with Gasteiger partial charge in [-0.25, -0.2) is 0 Å². The zero-order valence-corrected chi connectivity index (χ0v) is 11.4. The molecule has 0 amide bonds. The summed E-state index contributed by atoms with van der Waals surface area (Å²) < 4.78 is 5.33. The number of unbranched alkanes of at least 4 members (excludes halogenated alkanes) is 3. The molecule has 98 valence electrons. The second-order valence-electron chi connectivity index (χ2n) is 4.07. The maximum Gasteiger partial charge on any atom is 0.315 e. The summed E-state index contributed by atoms with van der Waals surface area (Å²) in [7, 11) is 0. The van der Waals surface area contributed by atoms with Gasteiger partial charge in [-0.3, -0.25) is 0 Å². The molecule has 0 spiro atoms. The molecule has 3 N–H and O–H groups in total. The van der Waals surface area contributed by atoms with Crippen LogP contribution in [0.15, 0.2) is 4.42 Å². The quantitative estimate of drug-likeness (QED) is 0.662. The van der Waals surface area contributed by atoms with Crippen LogP contribution >= 0.6 is 11.8 Å². The topological polar surface area (TPSA) is 77.0 Å². The van der Waals surface area contributed by atoms with E-state index in [1.807, 2.05) is 18.7 Å². The Morgan fingerprint density at radius 2 is 2.06 bits per heavy atom. The van der Waals surface area contributed by atoms with Gasteiger partial charge in [-0.05, 0) is 31.8 Å². The molecule has 1 heterocycles. The maximum absolute atomic E-state index is 5.62. The Kier molecular flexibility index (Phi) is 7.04. The summed E-state index contributed by atoms with van der Waals surface area (Å²) in [4.78, 5) is 0. The van der Waals surface area contributed by atoms with Gasteiger partial charge in [0.1, 0.15) is 0 Å². The predicted molar refractivity (Wildman–Crippen MR) is 72.2 cm³/mol. The molecule has 0 aromatic carbocycles. The third-order valence-electron chi connectivity index (χ3n) is 2.38. The predicted octanol–water partition coefficient (Wildman–Crippen LogP) is 2.42. The summed E-state index contributed by atoms with van der Waals surface area (Å²) in [5.41, 5.74) is 5.62. The molecule has 17 heavy (non-hydrogen) atoms. The molecule has 1 aromatic heterocycles. The van der Waals surface area contributed by atoms with E-state index in [1.165, 1.54) is 25.0 Å². The molecule has 1 atom stereocenters. The molecule has 0 aliphatic rings. The van der Waals surface area contributed by atoms with Crippen LogP contribution in [0.1, 0.15) is 44.5 Å². The minimum Gasteiger partial charge on any atom is -0.406 e. The molecule has 0 aliphatic carbocycles. The van der Waals surface area contributed by atoms with Gasteiger partial charge < -0.3 is 15.5 Å². The van der Waals surface area contributed by atoms with E-state index in [0.29, 0.717) is 11.9 Å². The highest BCUT2D eigenvalue weighted by Gasteiger charge is 2.08. The van der Waals surface area contributed by atoms with Gasteiger partial charge in [-0.15, -0.1) is 5.10 Å². The molecule has 0 radical (unpaired) electrons. The number of nitrogens with one attached hydrogen (secondary N) is 1. The third-order valence-corrected chi connectivity index (χ3v) is 3.08. The normalized spacial score (nSPS) is 12.6. The summed E-state index contributed by atoms with van der Waals surface area (Å²) in [5, 5.41) is 10.8. The van der Waals surface area contributed by atoms with Crippen LogP contribution in [-0.2, 0) is 0 Å². The van der Waals surface area contributed by atoms with E-state index in [-0.39, 0.29) is 6.04 Å². The Balaban J connectivity index is 2.05. The molecule has 1 aromatic rings. The number of thioether (sulfide) groups is 1. The highest BCUT2D eigenvalue weighted by Crippen LogP contribution is 2.11. The van der Waals surface area contributed by atoms with Gasteiger partial charge >= 0.3 is 6.01 Å². The molecule has 1 unspecified atom stereocenters. The smallest absolute Gasteiger partial charge is 0.315 e. The van der Waals surface area contributed by atoms with Crippen LogP contribution < -0.4 is 11.1 Å². The van der Waals surface area contributed by atoms with Crippen LogP contribution in [-0.4, -0.2) is 28.8 Å². The Hall–Kier alpha value is -0.750. The molecule has 5 nitrogen and oxygen atoms in total. The number of anilines is 1. The number of aromatic nitrogens is 2. The number of nitrogens with two attached hydrogens (primary N) is 1. The largest absolute Gasteiger partial charge is 0.406 e. The average molecular weight is 258 g/mol. The van der Waals surface area contributed by atoms with Crippen LogP contribution in [0.4, 0.5) is 6.01 Å². The van der Waals surface area contributed by atoms with E-state index >= 15 is 0 Å². The average Bonchev–Trinajstić information content (AvgIpc) is 2.77. The Bertz CT molecular complexity index is 303. The Labute approximate surface area is 107 Å². The first-order valence-electron chi connectivity index (χ1n) is 6.06. The van der Waals surface area contributed by atoms with E-state index < -0.39 is 0 Å². The Morgan fingerprint density at radius 1 is 1.29 bits per heavy atom. The molecule has 0 bridgehead atoms. The van der Waals surface area contributed by atoms with Crippen molar-refractivity contribution in [3.8, 4) is 0 Å². The SMILES string of the molecule is CSCCCCCCNc1nnc(C(C)N)o1. The summed E-state index contributed by atoms with van der Waals surface area (Å²) in [5.74, 6) is 1.74. The summed E-state index contributed by atoms with van der Waals surface area (Å²) in [6.45, 7) is 2.70. The third kappa shape index (κ3) is 5.93. The lowest BCUT2D eigenvalue weighted by molar-refractivity contribution is 0.472. The Morgan fingerprint density at radius 3 is 2.71 bits per heavy atom. The number of hydrogen-bond acceptors (Lipinski definition) is 6. The molecule has 6 heteroatoms. The molecule has 0 saturated heterocycles. The monoisotopic (exact) mass is 258 g/mol. The molecule has 1 rings (SSSR count). The number of rotatable bonds is 9. The lowest BCUT2D eigenvalue weighted by Crippen LogP contribution is -2.04. The fraction of sp³-hybridized carbons (Fsp3) is 0.818. The van der Waals surface area contributed by atoms with Gasteiger partial charge in [0.25, 0.3) is 0 Å². The van der Waals surface area contributed by atoms with Crippen LogP contribution in [0.2, 0.25) is 0 Å². The standard InChI is InChI=1S/C11H22N4OS/c1-9(12)10-14-15-11(16-10)13-7-5-3-4-6-8-17-2/h9H,3-8,12H2,1-2H3,(H,13,15). The van der Waals surface area contributed by atoms with Crippen molar-refractivity contribution in [2.75, 3.05) is 23.9 Å². The highest BCUT2D eigenvalue weighted by molar-refractivity contribution is 7.98. The van der Waals surface area contributed by atoms with Gasteiger partial charge in [-0.1, -0.05) is 17.9 Å². The fourth-order valence-corrected chi connectivity index (χ4v) is 1.90. The van der Waals surface area contributed by atoms with Crippen LogP contribution in [0.25, 0.3) is 0 Å². The van der Waals surface area contributed by atoms with E-state index in [0.717, 1.165) is 13.0 Å². The molecular formula is C11H22N4OS. The number of hydrogen-bond donors (Lipinski definition) is 2. The van der Waals surface area contributed by atoms with Crippen LogP contribution in [0, 0.1) is 0 Å². The number of nitrogens with zero attached hydrogens (tertiary/aromatic N) is 2. The minimum absolute atomic E-state index is 0.204. The second-order valence-corrected chi connectivity index (χ2v) is 5.05. The molecule has 0 saturated carbocycles. The van der Waals surface area contributed by atoms with Crippen molar-refractivity contribution in [1.82, 2.24) is 10.2 Å². The first-order chi connectivity index (χ1) is 8.24. The summed E-state index contributed by atoms with van der Waals surface area (Å²) in [6, 6.07) is 0.269. The van der Waals surface area contributed by atoms with Crippen LogP contribution in [0.5, 0.6) is 0 Å². The molecule has 0 aliphatic heterocycles. The van der Waals surface area contributed by atoms with Crippen molar-refractivity contribution in [2.45, 2.75) is 38.6 Å². The van der Waals surface area contributed by atoms with Crippen molar-refractivity contribution in [2.24, 2.45) is 5.73 Å². The van der Waals surface area contributed by atoms with E-state index in [4.69, 9.17) is 10.2 Å². The zero-order valence-electron chi connectivity index (χ0n) is 10.6. The van der Waals surface area contributed by atoms with Crippen molar-refractivity contribution in [3.63, 3.8) is 0 Å². The molecule has 0 fully saturated rings. The maximum atomic E-state index is 5.62. The highest BCUT2D eigenvalue weighted by atomic mass is 32.2. The van der Waals surface area contributed by atoms with Crippen molar-refractivity contribution in [1.29, 1.82) is 0 Å². The fourth-order valence-electron chi connectivity index (χ4n) is 1.41. The molecular weight excluding hydrogens is 236 g/mol. The van der Waals surface area contributed by atoms with Gasteiger partial charge in [-0.2, -0.15) is 11.8 Å². The first-order valence-corrected chi connectivity index (χ1v) is 7.45. The first kappa shape index (κ1) is 14.3. The van der Waals surface area contributed by atoms with Gasteiger partial charge in [0.05, 0.1) is 6.04 Å². The zero-order chi connectivity index (χ0) is 12.5. The van der Waals surface area contributed by atoms with Crippen molar-refractivity contribution in [3.05, 3.63) is 5.89 Å².